The summed E-state index contributed by atoms with van der Waals surface area (Å²) in [6.07, 6.45) is 2.22. The van der Waals surface area contributed by atoms with E-state index in [-0.39, 0.29) is 6.15 Å². The minimum atomic E-state index is -5.19. The highest BCUT2D eigenvalue weighted by Gasteiger charge is 2.44. The van der Waals surface area contributed by atoms with Crippen LogP contribution in [0, 0.1) is 0 Å². The van der Waals surface area contributed by atoms with Gasteiger partial charge in [0.15, 0.2) is 0 Å². The van der Waals surface area contributed by atoms with Crippen molar-refractivity contribution in [2.45, 2.75) is 6.92 Å². The summed E-state index contributed by atoms with van der Waals surface area (Å²) in [7, 11) is -12.7. The van der Waals surface area contributed by atoms with Gasteiger partial charge >= 0.3 is 23.5 Å². The Morgan fingerprint density at radius 3 is 1.74 bits per heavy atom. The molecule has 0 radical (unpaired) electrons. The van der Waals surface area contributed by atoms with E-state index in [2.05, 4.69) is 22.2 Å². The third kappa shape index (κ3) is 8.67. The lowest BCUT2D eigenvalue weighted by Gasteiger charge is -2.19. The normalized spacial score (nSPS) is 18.4. The summed E-state index contributed by atoms with van der Waals surface area (Å²) in [6.45, 7) is 1.52. The zero-order valence-electron chi connectivity index (χ0n) is 10.4. The van der Waals surface area contributed by atoms with Gasteiger partial charge in [0.1, 0.15) is 0 Å². The van der Waals surface area contributed by atoms with Crippen molar-refractivity contribution in [2.75, 3.05) is 14.2 Å². The molecule has 0 saturated heterocycles. The van der Waals surface area contributed by atoms with E-state index in [0.717, 1.165) is 20.5 Å². The van der Waals surface area contributed by atoms with E-state index >= 15 is 0 Å². The first-order valence-electron chi connectivity index (χ1n) is 4.19. The summed E-state index contributed by atoms with van der Waals surface area (Å²) in [5, 5.41) is 0. The molecular weight excluding hydrogens is 327 g/mol. The second kappa shape index (κ2) is 8.28. The van der Waals surface area contributed by atoms with E-state index in [9.17, 15) is 13.7 Å². The summed E-state index contributed by atoms with van der Waals surface area (Å²) >= 11 is 0. The second-order valence-corrected chi connectivity index (χ2v) is 7.51. The van der Waals surface area contributed by atoms with Crippen LogP contribution in [0.4, 0.5) is 0 Å². The molecule has 0 fully saturated rings. The highest BCUT2D eigenvalue weighted by atomic mass is 31.3. The predicted octanol–water partition coefficient (Wildman–Crippen LogP) is 2.33. The van der Waals surface area contributed by atoms with Gasteiger partial charge in [0, 0.05) is 14.2 Å². The topological polar surface area (TPSA) is 173 Å². The largest absolute Gasteiger partial charge is 0.538 e. The number of phosphoric ester groups is 1. The van der Waals surface area contributed by atoms with Gasteiger partial charge in [0.25, 0.3) is 0 Å². The summed E-state index contributed by atoms with van der Waals surface area (Å²) in [6, 6.07) is 0. The van der Waals surface area contributed by atoms with Crippen molar-refractivity contribution >= 4 is 23.5 Å². The van der Waals surface area contributed by atoms with E-state index in [1.165, 1.54) is 13.0 Å². The van der Waals surface area contributed by atoms with Gasteiger partial charge < -0.3 is 20.5 Å². The Morgan fingerprint density at radius 1 is 0.947 bits per heavy atom. The van der Waals surface area contributed by atoms with Crippen molar-refractivity contribution in [3.05, 3.63) is 12.3 Å². The van der Waals surface area contributed by atoms with Crippen LogP contribution in [-0.4, -0.2) is 24.0 Å². The average Bonchev–Trinajstić information content (AvgIpc) is 2.24. The van der Waals surface area contributed by atoms with Gasteiger partial charge in [-0.3, -0.25) is 9.05 Å². The van der Waals surface area contributed by atoms with Gasteiger partial charge in [0.2, 0.25) is 0 Å². The zero-order valence-corrected chi connectivity index (χ0v) is 13.0. The molecule has 0 aromatic carbocycles. The molecule has 2 unspecified atom stereocenters. The Hall–Kier alpha value is -0.0500. The minimum absolute atomic E-state index is 0. The first kappa shape index (κ1) is 21.3. The molecule has 0 aliphatic rings. The average molecular weight is 343 g/mol. The fourth-order valence-corrected chi connectivity index (χ4v) is 4.29. The second-order valence-electron chi connectivity index (χ2n) is 2.49. The van der Waals surface area contributed by atoms with Crippen molar-refractivity contribution in [1.82, 2.24) is 6.15 Å². The Labute approximate surface area is 109 Å². The Balaban J connectivity index is 0. The molecule has 0 bridgehead atoms. The van der Waals surface area contributed by atoms with Gasteiger partial charge in [-0.15, -0.1) is 0 Å². The standard InChI is InChI=1S/C5H13O10P3.H3N/c1-4-5-13-17(9,11-2)15-18(10,12-3)14-16(6,7)8;/h4-5H,1-3H3,(H2,6,7,8);1H3. The lowest BCUT2D eigenvalue weighted by molar-refractivity contribution is 0.171. The van der Waals surface area contributed by atoms with E-state index in [1.54, 1.807) is 0 Å². The molecular formula is C5H16NO10P3. The Morgan fingerprint density at radius 2 is 1.42 bits per heavy atom. The third-order valence-corrected chi connectivity index (χ3v) is 5.70. The zero-order chi connectivity index (χ0) is 14.4. The maximum atomic E-state index is 11.7. The molecule has 0 aromatic heterocycles. The van der Waals surface area contributed by atoms with Gasteiger partial charge in [0.05, 0.1) is 6.26 Å². The highest BCUT2D eigenvalue weighted by Crippen LogP contribution is 2.70. The Kier molecular flexibility index (Phi) is 9.27. The summed E-state index contributed by atoms with van der Waals surface area (Å²) in [5.74, 6) is 0. The van der Waals surface area contributed by atoms with Gasteiger partial charge in [-0.1, -0.05) is 6.08 Å². The first-order chi connectivity index (χ1) is 8.10. The van der Waals surface area contributed by atoms with Crippen LogP contribution < -0.4 is 6.15 Å². The van der Waals surface area contributed by atoms with Gasteiger partial charge in [-0.25, -0.2) is 13.7 Å². The van der Waals surface area contributed by atoms with Gasteiger partial charge in [-0.05, 0) is 6.92 Å². The number of phosphoric acid groups is 3. The molecule has 0 aromatic rings. The third-order valence-electron chi connectivity index (χ3n) is 1.18. The molecule has 0 amide bonds. The maximum absolute atomic E-state index is 11.7. The van der Waals surface area contributed by atoms with Crippen LogP contribution >= 0.6 is 23.5 Å². The number of hydrogen-bond donors (Lipinski definition) is 3. The van der Waals surface area contributed by atoms with Crippen LogP contribution in [0.5, 0.6) is 0 Å². The van der Waals surface area contributed by atoms with Crippen molar-refractivity contribution in [3.8, 4) is 0 Å². The highest BCUT2D eigenvalue weighted by molar-refractivity contribution is 7.67. The van der Waals surface area contributed by atoms with E-state index in [4.69, 9.17) is 9.79 Å². The first-order valence-corrected chi connectivity index (χ1v) is 8.64. The van der Waals surface area contributed by atoms with Crippen molar-refractivity contribution in [3.63, 3.8) is 0 Å². The smallest absolute Gasteiger partial charge is 0.412 e. The summed E-state index contributed by atoms with van der Waals surface area (Å²) in [5.41, 5.74) is 0. The fraction of sp³-hybridized carbons (Fsp3) is 0.600. The summed E-state index contributed by atoms with van der Waals surface area (Å²) < 4.78 is 54.9. The van der Waals surface area contributed by atoms with Crippen LogP contribution in [0.25, 0.3) is 0 Å². The monoisotopic (exact) mass is 343 g/mol. The predicted molar refractivity (Wildman–Crippen MR) is 64.4 cm³/mol. The molecule has 0 spiro atoms. The quantitative estimate of drug-likeness (QED) is 0.436. The lowest BCUT2D eigenvalue weighted by atomic mass is 10.8. The molecule has 5 N–H and O–H groups in total. The van der Waals surface area contributed by atoms with Gasteiger partial charge in [-0.2, -0.15) is 8.62 Å². The molecule has 2 atom stereocenters. The number of allylic oxidation sites excluding steroid dienone is 1. The van der Waals surface area contributed by atoms with E-state index < -0.39 is 23.5 Å². The van der Waals surface area contributed by atoms with Crippen LogP contribution in [0.15, 0.2) is 12.3 Å². The molecule has 0 rings (SSSR count). The fourth-order valence-electron chi connectivity index (χ4n) is 0.565. The molecule has 14 heteroatoms. The van der Waals surface area contributed by atoms with Crippen LogP contribution in [-0.2, 0) is 35.9 Å². The summed E-state index contributed by atoms with van der Waals surface area (Å²) in [4.78, 5) is 17.0. The molecule has 0 aliphatic carbocycles. The van der Waals surface area contributed by atoms with Crippen LogP contribution in [0.1, 0.15) is 6.92 Å². The van der Waals surface area contributed by atoms with Crippen molar-refractivity contribution in [1.29, 1.82) is 0 Å². The molecule has 11 nitrogen and oxygen atoms in total. The molecule has 19 heavy (non-hydrogen) atoms. The molecule has 116 valence electrons. The molecule has 0 heterocycles. The van der Waals surface area contributed by atoms with Crippen LogP contribution in [0.2, 0.25) is 0 Å². The Bertz CT molecular complexity index is 429. The van der Waals surface area contributed by atoms with Crippen molar-refractivity contribution in [2.24, 2.45) is 0 Å². The van der Waals surface area contributed by atoms with E-state index in [0.29, 0.717) is 0 Å². The van der Waals surface area contributed by atoms with Crippen LogP contribution in [0.3, 0.4) is 0 Å². The maximum Gasteiger partial charge on any atom is 0.538 e. The SMILES string of the molecule is CC=COP(=O)(OC)OP(=O)(OC)OP(=O)(O)O.N. The number of rotatable bonds is 8. The molecule has 0 saturated carbocycles. The lowest BCUT2D eigenvalue weighted by Crippen LogP contribution is -1.98. The molecule has 0 aliphatic heterocycles. The minimum Gasteiger partial charge on any atom is -0.412 e. The number of hydrogen-bond acceptors (Lipinski definition) is 9. The van der Waals surface area contributed by atoms with E-state index in [1.807, 2.05) is 0 Å². The van der Waals surface area contributed by atoms with Crippen molar-refractivity contribution < 1.29 is 45.7 Å².